The molecule has 146 heavy (non-hydrogen) atoms. The molecule has 4 aromatic carbocycles. The van der Waals surface area contributed by atoms with Crippen LogP contribution >= 0.6 is 0 Å². The Morgan fingerprint density at radius 1 is 0.342 bits per heavy atom. The lowest BCUT2D eigenvalue weighted by Gasteiger charge is -2.38. The zero-order valence-electron chi connectivity index (χ0n) is 91.6. The number of fused-ring (bicyclic) bond motifs is 37. The Morgan fingerprint density at radius 2 is 0.801 bits per heavy atom. The first-order valence-corrected chi connectivity index (χ1v) is 61.9. The summed E-state index contributed by atoms with van der Waals surface area (Å²) in [6.07, 6.45) is 124. The lowest BCUT2D eigenvalue weighted by molar-refractivity contribution is -0.132. The van der Waals surface area contributed by atoms with E-state index in [1.165, 1.54) is 311 Å². The van der Waals surface area contributed by atoms with Crippen molar-refractivity contribution < 1.29 is 19.0 Å². The first kappa shape index (κ1) is 104. The number of benzene rings is 4. The van der Waals surface area contributed by atoms with Gasteiger partial charge in [0.05, 0.1) is 12.9 Å². The van der Waals surface area contributed by atoms with Crippen molar-refractivity contribution in [3.8, 4) is 28.4 Å². The zero-order valence-corrected chi connectivity index (χ0v) is 91.6. The lowest BCUT2D eigenvalue weighted by atomic mass is 9.66. The first-order chi connectivity index (χ1) is 71.6. The van der Waals surface area contributed by atoms with Gasteiger partial charge in [0.25, 0.3) is 0 Å². The number of rotatable bonds is 32. The molecule has 37 unspecified atom stereocenters. The van der Waals surface area contributed by atoms with Gasteiger partial charge in [0.2, 0.25) is 0 Å². The molecule has 0 aliphatic heterocycles. The molecule has 14 saturated carbocycles. The highest BCUT2D eigenvalue weighted by atomic mass is 16.6. The summed E-state index contributed by atoms with van der Waals surface area (Å²) in [6, 6.07) is 34.1. The molecule has 24 bridgehead atoms. The van der Waals surface area contributed by atoms with Crippen LogP contribution in [0.25, 0.3) is 11.1 Å². The molecule has 25 aliphatic rings. The van der Waals surface area contributed by atoms with Gasteiger partial charge >= 0.3 is 5.97 Å². The molecule has 29 rings (SSSR count). The number of allylic oxidation sites excluding steroid dienone is 27. The minimum atomic E-state index is -0.325. The summed E-state index contributed by atoms with van der Waals surface area (Å²) < 4.78 is 16.0. The molecule has 0 heterocycles. The number of carbonyl (C=O) groups excluding carboxylic acids is 1. The maximum Gasteiger partial charge on any atom is 0.308 e. The number of esters is 1. The van der Waals surface area contributed by atoms with Gasteiger partial charge in [0, 0.05) is 6.92 Å². The molecule has 0 spiro atoms. The number of hydrogen-bond donors (Lipinski definition) is 0. The van der Waals surface area contributed by atoms with Gasteiger partial charge in [0.15, 0.2) is 11.5 Å². The van der Waals surface area contributed by atoms with Crippen LogP contribution in [0.15, 0.2) is 266 Å². The van der Waals surface area contributed by atoms with Crippen molar-refractivity contribution >= 4 is 5.97 Å². The third-order valence-corrected chi connectivity index (χ3v) is 43.4. The fraction of sp³-hybridized carbons (Fsp3) is 0.627. The number of ether oxygens (including phenoxy) is 3. The second-order valence-corrected chi connectivity index (χ2v) is 52.4. The fourth-order valence-corrected chi connectivity index (χ4v) is 36.6. The van der Waals surface area contributed by atoms with Gasteiger partial charge in [-0.3, -0.25) is 4.79 Å². The summed E-state index contributed by atoms with van der Waals surface area (Å²) in [5.41, 5.74) is 10.3. The van der Waals surface area contributed by atoms with Crippen LogP contribution in [-0.2, 0) is 17.6 Å². The summed E-state index contributed by atoms with van der Waals surface area (Å²) in [7, 11) is 1.60. The standard InChI is InChI=1S/C21H22.C18H26.C17H20O3.C17H30.C16H18O.C15H18.C15H26.C14H18.C9H12/c1-2-4-18(5-3-1)19-10-6-16(7-11-19)8-12-20-14-17-9-13-21(20)15-17;1(3-15-9-13-5-7-17(15)11-13)2-4-16-10-14-6-8-18(16)12-14;1-11(18)20-16-6-4-13(10-17(16)19-2)9-15-8-12-3-5-14(15)7-12;1-2-3-4-5-6-7-8-9-10-16-13-15-11-12-17(16)14-15;1-11(2)17-15-5-3-4-13(10-15)16-9-12-6-7-14(16)8-12;1-2-10-11(3-1)13-7-12(10)14-8-4-5-9(6-8)15(13)14;1-2-3-4-5-6-7-8-14-11-13-9-10-15(14)12-13;1-2-8-5-11-7-12(8)14-10-4-3-9(6-10)13(11)14;1-2-8-5-7-3-4-9(8)6-7/h1-7,9-11,13,17,20-21H,8,12,14-15H2;5-8,13-18H,1-4,9-12H2;3-6,10,12,14-15H,7-9H2,1-2H3;11-12,15-17H,2-10,13-14H2,1H3;3-7,10,12,14,16H,1,8-9H2,2H3;1-2,4-5,8-15H,3,6-7H2;9-10,13-15H,2-8,11-12H2,1H3;2-4,9-14H,5-7H2,1H3;2-4,7,9H,5-6H2,1H3/b;;;;;;;2*8-2+. The molecule has 25 aliphatic carbocycles. The lowest BCUT2D eigenvalue weighted by Crippen LogP contribution is -2.34. The maximum absolute atomic E-state index is 11.0. The van der Waals surface area contributed by atoms with Crippen LogP contribution in [0.5, 0.6) is 17.2 Å². The van der Waals surface area contributed by atoms with E-state index in [1.807, 2.05) is 31.2 Å². The molecular weight excluding hydrogens is 1770 g/mol. The molecule has 14 fully saturated rings. The molecule has 0 N–H and O–H groups in total. The van der Waals surface area contributed by atoms with E-state index in [1.54, 1.807) is 24.7 Å². The summed E-state index contributed by atoms with van der Waals surface area (Å²) >= 11 is 0. The summed E-state index contributed by atoms with van der Waals surface area (Å²) in [5.74, 6) is 38.2. The van der Waals surface area contributed by atoms with Gasteiger partial charge in [-0.05, 0) is 478 Å². The molecule has 4 aromatic rings. The summed E-state index contributed by atoms with van der Waals surface area (Å²) in [6.45, 7) is 16.1. The number of unbranched alkanes of at least 4 members (excludes halogenated alkanes) is 13. The molecule has 0 saturated heterocycles. The highest BCUT2D eigenvalue weighted by Gasteiger charge is 2.65. The second-order valence-electron chi connectivity index (χ2n) is 52.4. The molecule has 4 nitrogen and oxygen atoms in total. The van der Waals surface area contributed by atoms with Gasteiger partial charge in [-0.15, -0.1) is 0 Å². The molecule has 0 aromatic heterocycles. The van der Waals surface area contributed by atoms with Crippen LogP contribution in [0.4, 0.5) is 0 Å². The number of methoxy groups -OCH3 is 1. The first-order valence-electron chi connectivity index (χ1n) is 61.9. The van der Waals surface area contributed by atoms with E-state index in [0.29, 0.717) is 17.4 Å². The Morgan fingerprint density at radius 3 is 1.26 bits per heavy atom. The third kappa shape index (κ3) is 24.8. The predicted molar refractivity (Wildman–Crippen MR) is 612 cm³/mol. The van der Waals surface area contributed by atoms with Gasteiger partial charge < -0.3 is 14.2 Å². The topological polar surface area (TPSA) is 44.8 Å². The van der Waals surface area contributed by atoms with Gasteiger partial charge in [-0.2, -0.15) is 0 Å². The molecular formula is C142H190O4. The Hall–Kier alpha value is -7.69. The zero-order chi connectivity index (χ0) is 99.5. The van der Waals surface area contributed by atoms with Crippen LogP contribution in [0.2, 0.25) is 0 Å². The molecule has 0 radical (unpaired) electrons. The molecule has 37 atom stereocenters. The predicted octanol–water partition coefficient (Wildman–Crippen LogP) is 38.0. The van der Waals surface area contributed by atoms with E-state index >= 15 is 0 Å². The minimum Gasteiger partial charge on any atom is -0.493 e. The van der Waals surface area contributed by atoms with E-state index in [4.69, 9.17) is 14.2 Å². The van der Waals surface area contributed by atoms with Crippen molar-refractivity contribution in [2.75, 3.05) is 7.11 Å². The van der Waals surface area contributed by atoms with Crippen molar-refractivity contribution in [3.05, 3.63) is 283 Å². The summed E-state index contributed by atoms with van der Waals surface area (Å²) in [4.78, 5) is 11.0. The van der Waals surface area contributed by atoms with E-state index in [9.17, 15) is 4.79 Å². The normalized spacial score (nSPS) is 38.9. The molecule has 0 amide bonds. The Kier molecular flexibility index (Phi) is 35.2. The molecule has 4 heteroatoms. The second kappa shape index (κ2) is 49.4. The third-order valence-electron chi connectivity index (χ3n) is 43.4. The Labute approximate surface area is 886 Å². The average Bonchev–Trinajstić information content (AvgIpc) is 1.54. The van der Waals surface area contributed by atoms with Crippen LogP contribution in [0.1, 0.15) is 340 Å². The van der Waals surface area contributed by atoms with Gasteiger partial charge in [-0.1, -0.05) is 353 Å². The highest BCUT2D eigenvalue weighted by molar-refractivity contribution is 5.70. The van der Waals surface area contributed by atoms with E-state index in [0.717, 1.165) is 231 Å². The number of hydrogen-bond acceptors (Lipinski definition) is 4. The van der Waals surface area contributed by atoms with Gasteiger partial charge in [-0.25, -0.2) is 0 Å². The van der Waals surface area contributed by atoms with Crippen molar-refractivity contribution in [2.45, 2.75) is 336 Å². The summed E-state index contributed by atoms with van der Waals surface area (Å²) in [5, 5.41) is 0. The van der Waals surface area contributed by atoms with E-state index in [2.05, 4.69) is 253 Å². The largest absolute Gasteiger partial charge is 0.493 e. The molecule has 782 valence electrons. The van der Waals surface area contributed by atoms with Crippen LogP contribution < -0.4 is 14.2 Å². The van der Waals surface area contributed by atoms with Crippen LogP contribution in [0, 0.1) is 213 Å². The Bertz CT molecular complexity index is 5330. The van der Waals surface area contributed by atoms with Crippen LogP contribution in [0.3, 0.4) is 0 Å². The number of carbonyl (C=O) groups is 1. The average molecular weight is 1960 g/mol. The Balaban J connectivity index is 0.0000000971. The highest BCUT2D eigenvalue weighted by Crippen LogP contribution is 2.71. The van der Waals surface area contributed by atoms with E-state index in [-0.39, 0.29) is 5.97 Å². The van der Waals surface area contributed by atoms with Crippen LogP contribution in [-0.4, -0.2) is 13.1 Å². The van der Waals surface area contributed by atoms with E-state index < -0.39 is 0 Å². The maximum atomic E-state index is 11.0. The van der Waals surface area contributed by atoms with Gasteiger partial charge in [0.1, 0.15) is 5.75 Å². The van der Waals surface area contributed by atoms with Crippen molar-refractivity contribution in [1.29, 1.82) is 0 Å². The quantitative estimate of drug-likeness (QED) is 0.0122. The SMILES string of the molecule is C/C=C1\CC2C=CC1C2.C/C=C1\CC2CC1C1C3C=CC(C3)C21.C1=CC2C(C1)C1CC2C2C3C=CC(C3)C12.C1=CC2CC1CC2CCCCC1CC2C=CC1C2.C1=CC2CC1CC2CCc1ccc(-c2ccccc2)cc1.C=C(C)Oc1cccc(C2CC3C=CC2C3)c1.CCCCCCCCC1CC2C=CC1C2.CCCCCCCCCCC1CC2C=CC1C2.COc1cc(CC2CC3C=CC2C3)ccc1OC(C)=O. The fourth-order valence-electron chi connectivity index (χ4n) is 36.6. The monoisotopic (exact) mass is 1960 g/mol. The minimum absolute atomic E-state index is 0.325. The number of aryl methyl sites for hydroxylation is 1. The van der Waals surface area contributed by atoms with Crippen molar-refractivity contribution in [3.63, 3.8) is 0 Å². The van der Waals surface area contributed by atoms with Crippen molar-refractivity contribution in [2.24, 2.45) is 213 Å². The smallest absolute Gasteiger partial charge is 0.308 e. The van der Waals surface area contributed by atoms with Crippen molar-refractivity contribution in [1.82, 2.24) is 0 Å².